The lowest BCUT2D eigenvalue weighted by atomic mass is 10.00. The number of aryl methyl sites for hydroxylation is 2. The van der Waals surface area contributed by atoms with Crippen molar-refractivity contribution >= 4 is 15.9 Å². The summed E-state index contributed by atoms with van der Waals surface area (Å²) in [4.78, 5) is 16.0. The number of nitrogens with one attached hydrogen (secondary N) is 3. The number of fused-ring (bicyclic) bond motifs is 2. The lowest BCUT2D eigenvalue weighted by molar-refractivity contribution is -0.121. The number of piperidine rings is 1. The van der Waals surface area contributed by atoms with Gasteiger partial charge in [0.15, 0.2) is 5.03 Å². The van der Waals surface area contributed by atoms with Crippen molar-refractivity contribution in [3.05, 3.63) is 12.0 Å². The minimum Gasteiger partial charge on any atom is -0.353 e. The fraction of sp³-hybridized carbons (Fsp3) is 0.733. The Hall–Kier alpha value is -1.45. The van der Waals surface area contributed by atoms with E-state index in [1.807, 2.05) is 0 Å². The molecule has 2 saturated heterocycles. The van der Waals surface area contributed by atoms with Gasteiger partial charge in [-0.1, -0.05) is 0 Å². The number of carbonyl (C=O) groups is 1. The van der Waals surface area contributed by atoms with Crippen molar-refractivity contribution in [3.63, 3.8) is 0 Å². The first-order valence-electron chi connectivity index (χ1n) is 8.38. The van der Waals surface area contributed by atoms with Crippen LogP contribution in [0.4, 0.5) is 0 Å². The lowest BCUT2D eigenvalue weighted by Crippen LogP contribution is -2.48. The van der Waals surface area contributed by atoms with Gasteiger partial charge in [0.05, 0.1) is 0 Å². The molecule has 0 radical (unpaired) electrons. The summed E-state index contributed by atoms with van der Waals surface area (Å²) in [7, 11) is -1.93. The van der Waals surface area contributed by atoms with Crippen molar-refractivity contribution in [1.29, 1.82) is 0 Å². The van der Waals surface area contributed by atoms with Gasteiger partial charge in [0, 0.05) is 44.3 Å². The Morgan fingerprint density at radius 2 is 2.04 bits per heavy atom. The molecule has 1 amide bonds. The first kappa shape index (κ1) is 17.4. The van der Waals surface area contributed by atoms with E-state index in [9.17, 15) is 13.2 Å². The maximum atomic E-state index is 12.1. The molecular weight excluding hydrogens is 330 g/mol. The molecule has 8 nitrogen and oxygen atoms in total. The number of sulfonamides is 1. The van der Waals surface area contributed by atoms with E-state index in [0.717, 1.165) is 12.8 Å². The van der Waals surface area contributed by atoms with Gasteiger partial charge in [0.2, 0.25) is 5.91 Å². The number of amides is 1. The molecule has 3 N–H and O–H groups in total. The molecule has 2 unspecified atom stereocenters. The summed E-state index contributed by atoms with van der Waals surface area (Å²) < 4.78 is 28.4. The molecule has 24 heavy (non-hydrogen) atoms. The fourth-order valence-electron chi connectivity index (χ4n) is 3.50. The fourth-order valence-corrected chi connectivity index (χ4v) is 4.57. The number of carbonyl (C=O) groups excluding carboxylic acids is 1. The van der Waals surface area contributed by atoms with Gasteiger partial charge in [-0.15, -0.1) is 0 Å². The van der Waals surface area contributed by atoms with Crippen LogP contribution in [0, 0.1) is 6.92 Å². The van der Waals surface area contributed by atoms with E-state index in [4.69, 9.17) is 0 Å². The summed E-state index contributed by atoms with van der Waals surface area (Å²) in [6.07, 6.45) is 5.87. The van der Waals surface area contributed by atoms with Crippen molar-refractivity contribution in [2.75, 3.05) is 6.54 Å². The van der Waals surface area contributed by atoms with Crippen molar-refractivity contribution < 1.29 is 13.2 Å². The molecule has 0 aliphatic carbocycles. The largest absolute Gasteiger partial charge is 0.353 e. The topological polar surface area (TPSA) is 105 Å². The summed E-state index contributed by atoms with van der Waals surface area (Å²) >= 11 is 0. The van der Waals surface area contributed by atoms with Crippen molar-refractivity contribution in [2.45, 2.75) is 62.2 Å². The van der Waals surface area contributed by atoms with Crippen LogP contribution in [0.15, 0.2) is 11.2 Å². The van der Waals surface area contributed by atoms with Gasteiger partial charge in [0.25, 0.3) is 10.0 Å². The van der Waals surface area contributed by atoms with Crippen molar-refractivity contribution in [3.8, 4) is 0 Å². The van der Waals surface area contributed by atoms with Gasteiger partial charge in [-0.3, -0.25) is 4.79 Å². The quantitative estimate of drug-likeness (QED) is 0.655. The monoisotopic (exact) mass is 355 g/mol. The summed E-state index contributed by atoms with van der Waals surface area (Å²) in [5.74, 6) is 0.509. The Labute approximate surface area is 142 Å². The van der Waals surface area contributed by atoms with Gasteiger partial charge in [-0.2, -0.15) is 0 Å². The van der Waals surface area contributed by atoms with Crippen LogP contribution in [0.1, 0.15) is 37.9 Å². The molecule has 2 fully saturated rings. The van der Waals surface area contributed by atoms with E-state index >= 15 is 0 Å². The third-order valence-electron chi connectivity index (χ3n) is 4.84. The minimum atomic E-state index is -3.67. The van der Waals surface area contributed by atoms with Crippen LogP contribution < -0.4 is 15.4 Å². The van der Waals surface area contributed by atoms with Gasteiger partial charge in [-0.05, 0) is 32.6 Å². The Morgan fingerprint density at radius 1 is 1.38 bits per heavy atom. The highest BCUT2D eigenvalue weighted by atomic mass is 32.2. The Morgan fingerprint density at radius 3 is 2.62 bits per heavy atom. The molecule has 134 valence electrons. The molecular formula is C15H25N5O3S. The van der Waals surface area contributed by atoms with Gasteiger partial charge >= 0.3 is 0 Å². The van der Waals surface area contributed by atoms with Crippen LogP contribution in [0.2, 0.25) is 0 Å². The third-order valence-corrected chi connectivity index (χ3v) is 6.18. The maximum Gasteiger partial charge on any atom is 0.259 e. The normalized spacial score (nSPS) is 26.5. The summed E-state index contributed by atoms with van der Waals surface area (Å²) in [6, 6.07) is 1.23. The van der Waals surface area contributed by atoms with Gasteiger partial charge < -0.3 is 15.2 Å². The highest BCUT2D eigenvalue weighted by Crippen LogP contribution is 2.26. The Kier molecular flexibility index (Phi) is 4.93. The van der Waals surface area contributed by atoms with Crippen LogP contribution in [-0.2, 0) is 21.9 Å². The van der Waals surface area contributed by atoms with Crippen LogP contribution in [-0.4, -0.2) is 48.5 Å². The van der Waals surface area contributed by atoms with Gasteiger partial charge in [0.1, 0.15) is 5.82 Å². The second-order valence-electron chi connectivity index (χ2n) is 6.76. The second kappa shape index (κ2) is 6.81. The molecule has 0 aromatic carbocycles. The van der Waals surface area contributed by atoms with Crippen LogP contribution >= 0.6 is 0 Å². The van der Waals surface area contributed by atoms with Gasteiger partial charge in [-0.25, -0.2) is 18.1 Å². The number of nitrogens with zero attached hydrogens (tertiary/aromatic N) is 2. The molecule has 1 aromatic heterocycles. The van der Waals surface area contributed by atoms with E-state index in [-0.39, 0.29) is 29.9 Å². The number of aromatic nitrogens is 2. The smallest absolute Gasteiger partial charge is 0.259 e. The Balaban J connectivity index is 1.44. The molecule has 3 rings (SSSR count). The molecule has 0 saturated carbocycles. The average molecular weight is 355 g/mol. The SMILES string of the molecule is Cc1nc(S(=O)(=O)NCCC(=O)NC2CC3CCC(C2)N3)cn1C. The molecule has 2 aliphatic rings. The molecule has 2 bridgehead atoms. The molecule has 2 aliphatic heterocycles. The first-order valence-corrected chi connectivity index (χ1v) is 9.87. The van der Waals surface area contributed by atoms with Crippen LogP contribution in [0.3, 0.4) is 0 Å². The zero-order chi connectivity index (χ0) is 17.3. The van der Waals surface area contributed by atoms with E-state index < -0.39 is 10.0 Å². The molecule has 3 heterocycles. The zero-order valence-corrected chi connectivity index (χ0v) is 14.9. The summed E-state index contributed by atoms with van der Waals surface area (Å²) in [6.45, 7) is 1.81. The third kappa shape index (κ3) is 3.96. The molecule has 9 heteroatoms. The second-order valence-corrected chi connectivity index (χ2v) is 8.47. The van der Waals surface area contributed by atoms with E-state index in [1.165, 1.54) is 19.0 Å². The standard InChI is InChI=1S/C15H25N5O3S/c1-10-17-15(9-20(10)2)24(22,23)16-6-5-14(21)19-13-7-11-3-4-12(8-13)18-11/h9,11-13,16,18H,3-8H2,1-2H3,(H,19,21). The molecule has 2 atom stereocenters. The number of hydrogen-bond donors (Lipinski definition) is 3. The zero-order valence-electron chi connectivity index (χ0n) is 14.1. The van der Waals surface area contributed by atoms with Crippen molar-refractivity contribution in [1.82, 2.24) is 24.9 Å². The number of hydrogen-bond acceptors (Lipinski definition) is 5. The maximum absolute atomic E-state index is 12.1. The van der Waals surface area contributed by atoms with Crippen LogP contribution in [0.25, 0.3) is 0 Å². The van der Waals surface area contributed by atoms with Crippen LogP contribution in [0.5, 0.6) is 0 Å². The first-order chi connectivity index (χ1) is 11.3. The minimum absolute atomic E-state index is 0.0159. The Bertz CT molecular complexity index is 683. The predicted octanol–water partition coefficient (Wildman–Crippen LogP) is -0.204. The highest BCUT2D eigenvalue weighted by Gasteiger charge is 2.33. The number of rotatable bonds is 6. The highest BCUT2D eigenvalue weighted by molar-refractivity contribution is 7.89. The lowest BCUT2D eigenvalue weighted by Gasteiger charge is -2.29. The number of imidazole rings is 1. The van der Waals surface area contributed by atoms with Crippen molar-refractivity contribution in [2.24, 2.45) is 7.05 Å². The van der Waals surface area contributed by atoms with E-state index in [0.29, 0.717) is 17.9 Å². The average Bonchev–Trinajstić information content (AvgIpc) is 3.02. The van der Waals surface area contributed by atoms with E-state index in [2.05, 4.69) is 20.3 Å². The predicted molar refractivity (Wildman–Crippen MR) is 88.9 cm³/mol. The van der Waals surface area contributed by atoms with E-state index in [1.54, 1.807) is 18.5 Å². The molecule has 0 spiro atoms. The summed E-state index contributed by atoms with van der Waals surface area (Å²) in [5, 5.41) is 6.54. The molecule has 1 aromatic rings. The summed E-state index contributed by atoms with van der Waals surface area (Å²) in [5.41, 5.74) is 0.